The molecule has 3 N–H and O–H groups in total. The van der Waals surface area contributed by atoms with Crippen LogP contribution in [0.4, 0.5) is 0 Å². The van der Waals surface area contributed by atoms with Gasteiger partial charge >= 0.3 is 0 Å². The molecule has 3 aromatic rings. The highest BCUT2D eigenvalue weighted by Gasteiger charge is 2.33. The Kier molecular flexibility index (Phi) is 4.52. The Morgan fingerprint density at radius 1 is 1.18 bits per heavy atom. The second kappa shape index (κ2) is 7.29. The molecular weight excluding hydrogens is 356 g/mol. The maximum Gasteiger partial charge on any atom is 0.258 e. The topological polar surface area (TPSA) is 114 Å². The average molecular weight is 372 g/mol. The lowest BCUT2D eigenvalue weighted by Crippen LogP contribution is -2.28. The first kappa shape index (κ1) is 17.4. The predicted molar refractivity (Wildman–Crippen MR) is 101 cm³/mol. The van der Waals surface area contributed by atoms with E-state index < -0.39 is 5.92 Å². The Bertz CT molecular complexity index is 1130. The first-order chi connectivity index (χ1) is 13.7. The molecule has 0 aliphatic carbocycles. The van der Waals surface area contributed by atoms with Crippen LogP contribution >= 0.6 is 0 Å². The minimum absolute atomic E-state index is 0.0532. The quantitative estimate of drug-likeness (QED) is 0.727. The number of nitriles is 1. The van der Waals surface area contributed by atoms with E-state index in [1.165, 1.54) is 6.33 Å². The lowest BCUT2D eigenvalue weighted by Gasteiger charge is -2.24. The molecule has 1 aliphatic heterocycles. The smallest absolute Gasteiger partial charge is 0.258 e. The molecule has 138 valence electrons. The van der Waals surface area contributed by atoms with Gasteiger partial charge in [-0.25, -0.2) is 4.98 Å². The van der Waals surface area contributed by atoms with E-state index in [9.17, 15) is 10.1 Å². The molecule has 1 atom stereocenters. The number of hydrogen-bond acceptors (Lipinski definition) is 6. The van der Waals surface area contributed by atoms with Crippen molar-refractivity contribution in [3.63, 3.8) is 0 Å². The molecule has 0 spiro atoms. The van der Waals surface area contributed by atoms with Crippen molar-refractivity contribution in [3.8, 4) is 17.7 Å². The number of aromatic amines is 1. The van der Waals surface area contributed by atoms with Crippen LogP contribution in [0, 0.1) is 11.3 Å². The number of allylic oxidation sites excluding steroid dienone is 1. The molecule has 1 aliphatic rings. The average Bonchev–Trinajstić information content (AvgIpc) is 2.73. The van der Waals surface area contributed by atoms with Gasteiger partial charge in [-0.15, -0.1) is 0 Å². The van der Waals surface area contributed by atoms with Crippen molar-refractivity contribution in [3.05, 3.63) is 99.4 Å². The highest BCUT2D eigenvalue weighted by molar-refractivity contribution is 5.53. The van der Waals surface area contributed by atoms with Crippen molar-refractivity contribution in [1.29, 1.82) is 5.26 Å². The van der Waals surface area contributed by atoms with Crippen LogP contribution < -0.4 is 20.8 Å². The summed E-state index contributed by atoms with van der Waals surface area (Å²) in [6.07, 6.45) is 1.24. The number of hydrogen-bond donors (Lipinski definition) is 2. The fraction of sp³-hybridized carbons (Fsp3) is 0.0952. The molecule has 7 nitrogen and oxygen atoms in total. The summed E-state index contributed by atoms with van der Waals surface area (Å²) in [4.78, 5) is 18.9. The van der Waals surface area contributed by atoms with Gasteiger partial charge in [0.15, 0.2) is 0 Å². The van der Waals surface area contributed by atoms with Crippen molar-refractivity contribution < 1.29 is 9.47 Å². The van der Waals surface area contributed by atoms with Crippen LogP contribution in [0.1, 0.15) is 22.6 Å². The summed E-state index contributed by atoms with van der Waals surface area (Å²) in [7, 11) is 0. The summed E-state index contributed by atoms with van der Waals surface area (Å²) >= 11 is 0. The number of nitrogens with one attached hydrogen (secondary N) is 1. The highest BCUT2D eigenvalue weighted by Crippen LogP contribution is 2.39. The van der Waals surface area contributed by atoms with Crippen molar-refractivity contribution in [2.45, 2.75) is 12.5 Å². The number of fused-ring (bicyclic) bond motifs is 1. The Hall–Kier alpha value is -4.05. The van der Waals surface area contributed by atoms with Crippen molar-refractivity contribution >= 4 is 0 Å². The Labute approximate surface area is 160 Å². The second-order valence-electron chi connectivity index (χ2n) is 6.22. The van der Waals surface area contributed by atoms with Gasteiger partial charge in [0, 0.05) is 0 Å². The van der Waals surface area contributed by atoms with Gasteiger partial charge in [-0.3, -0.25) is 4.79 Å². The molecular formula is C21H16N4O3. The van der Waals surface area contributed by atoms with E-state index in [1.807, 2.05) is 36.4 Å². The Balaban J connectivity index is 1.65. The molecule has 0 radical (unpaired) electrons. The normalized spacial score (nSPS) is 15.3. The van der Waals surface area contributed by atoms with Gasteiger partial charge in [0.05, 0.1) is 17.8 Å². The van der Waals surface area contributed by atoms with Crippen LogP contribution in [-0.2, 0) is 6.61 Å². The van der Waals surface area contributed by atoms with E-state index >= 15 is 0 Å². The summed E-state index contributed by atoms with van der Waals surface area (Å²) in [6, 6.07) is 19.1. The molecule has 2 aromatic carbocycles. The minimum Gasteiger partial charge on any atom is -0.489 e. The molecule has 1 unspecified atom stereocenters. The van der Waals surface area contributed by atoms with Gasteiger partial charge in [-0.2, -0.15) is 5.26 Å². The Morgan fingerprint density at radius 2 is 1.93 bits per heavy atom. The van der Waals surface area contributed by atoms with E-state index in [0.717, 1.165) is 11.1 Å². The van der Waals surface area contributed by atoms with Gasteiger partial charge in [0.25, 0.3) is 5.56 Å². The van der Waals surface area contributed by atoms with Crippen molar-refractivity contribution in [2.24, 2.45) is 5.73 Å². The minimum atomic E-state index is -0.658. The summed E-state index contributed by atoms with van der Waals surface area (Å²) in [5.74, 6) is 0.0713. The number of benzene rings is 2. The highest BCUT2D eigenvalue weighted by atomic mass is 16.5. The second-order valence-corrected chi connectivity index (χ2v) is 6.22. The molecule has 0 amide bonds. The zero-order chi connectivity index (χ0) is 19.5. The molecule has 4 rings (SSSR count). The van der Waals surface area contributed by atoms with Crippen molar-refractivity contribution in [1.82, 2.24) is 9.97 Å². The lowest BCUT2D eigenvalue weighted by atomic mass is 9.85. The number of nitrogens with zero attached hydrogens (tertiary/aromatic N) is 2. The first-order valence-electron chi connectivity index (χ1n) is 8.59. The van der Waals surface area contributed by atoms with Gasteiger partial charge in [-0.1, -0.05) is 42.5 Å². The summed E-state index contributed by atoms with van der Waals surface area (Å²) in [5.41, 5.74) is 7.71. The molecule has 0 bridgehead atoms. The predicted octanol–water partition coefficient (Wildman–Crippen LogP) is 2.57. The molecule has 0 saturated heterocycles. The van der Waals surface area contributed by atoms with E-state index in [-0.39, 0.29) is 28.5 Å². The number of nitrogens with two attached hydrogens (primary N) is 1. The standard InChI is InChI=1S/C21H16N4O3/c22-10-16-17(18-20(26)24-12-25-21(18)28-19(16)23)14-6-8-15(9-7-14)27-11-13-4-2-1-3-5-13/h1-9,12,17H,11,23H2,(H,24,25,26). The molecule has 2 heterocycles. The van der Waals surface area contributed by atoms with E-state index in [2.05, 4.69) is 9.97 Å². The number of ether oxygens (including phenoxy) is 2. The number of rotatable bonds is 4. The summed E-state index contributed by atoms with van der Waals surface area (Å²) < 4.78 is 11.2. The van der Waals surface area contributed by atoms with Crippen LogP contribution in [0.15, 0.2) is 77.2 Å². The summed E-state index contributed by atoms with van der Waals surface area (Å²) in [6.45, 7) is 0.445. The van der Waals surface area contributed by atoms with Gasteiger partial charge < -0.3 is 20.2 Å². The zero-order valence-electron chi connectivity index (χ0n) is 14.8. The monoisotopic (exact) mass is 372 g/mol. The van der Waals surface area contributed by atoms with Crippen LogP contribution in [0.5, 0.6) is 11.6 Å². The van der Waals surface area contributed by atoms with Gasteiger partial charge in [0.1, 0.15) is 24.0 Å². The van der Waals surface area contributed by atoms with E-state index in [4.69, 9.17) is 15.2 Å². The Morgan fingerprint density at radius 3 is 2.64 bits per heavy atom. The van der Waals surface area contributed by atoms with Crippen molar-refractivity contribution in [2.75, 3.05) is 0 Å². The first-order valence-corrected chi connectivity index (χ1v) is 8.59. The summed E-state index contributed by atoms with van der Waals surface area (Å²) in [5, 5.41) is 9.55. The lowest BCUT2D eigenvalue weighted by molar-refractivity contribution is 0.306. The zero-order valence-corrected chi connectivity index (χ0v) is 14.8. The third kappa shape index (κ3) is 3.19. The largest absolute Gasteiger partial charge is 0.489 e. The molecule has 1 aromatic heterocycles. The maximum absolute atomic E-state index is 12.4. The van der Waals surface area contributed by atoms with Gasteiger partial charge in [0.2, 0.25) is 11.8 Å². The third-order valence-electron chi connectivity index (χ3n) is 4.48. The van der Waals surface area contributed by atoms with Crippen LogP contribution in [0.2, 0.25) is 0 Å². The van der Waals surface area contributed by atoms with Crippen LogP contribution in [0.3, 0.4) is 0 Å². The fourth-order valence-electron chi connectivity index (χ4n) is 3.13. The van der Waals surface area contributed by atoms with Crippen LogP contribution in [-0.4, -0.2) is 9.97 Å². The SMILES string of the molecule is N#CC1=C(N)Oc2nc[nH]c(=O)c2C1c1ccc(OCc2ccccc2)cc1. The molecule has 7 heteroatoms. The van der Waals surface area contributed by atoms with Gasteiger partial charge in [-0.05, 0) is 23.3 Å². The maximum atomic E-state index is 12.4. The fourth-order valence-corrected chi connectivity index (χ4v) is 3.13. The molecule has 0 fully saturated rings. The van der Waals surface area contributed by atoms with Crippen LogP contribution in [0.25, 0.3) is 0 Å². The number of aromatic nitrogens is 2. The molecule has 0 saturated carbocycles. The van der Waals surface area contributed by atoms with E-state index in [1.54, 1.807) is 24.3 Å². The third-order valence-corrected chi connectivity index (χ3v) is 4.48. The van der Waals surface area contributed by atoms with E-state index in [0.29, 0.717) is 12.4 Å². The molecule has 28 heavy (non-hydrogen) atoms. The number of H-pyrrole nitrogens is 1.